The van der Waals surface area contributed by atoms with Crippen molar-refractivity contribution in [1.29, 1.82) is 0 Å². The van der Waals surface area contributed by atoms with Gasteiger partial charge in [0.15, 0.2) is 14.9 Å². The van der Waals surface area contributed by atoms with Crippen molar-refractivity contribution >= 4 is 27.2 Å². The van der Waals surface area contributed by atoms with Gasteiger partial charge in [-0.15, -0.1) is 0 Å². The number of hydrogen-bond acceptors (Lipinski definition) is 3. The Morgan fingerprint density at radius 3 is 2.20 bits per heavy atom. The van der Waals surface area contributed by atoms with Crippen LogP contribution in [0.5, 0.6) is 0 Å². The van der Waals surface area contributed by atoms with Gasteiger partial charge in [0.05, 0.1) is 11.5 Å². The van der Waals surface area contributed by atoms with Gasteiger partial charge in [-0.1, -0.05) is 60.7 Å². The summed E-state index contributed by atoms with van der Waals surface area (Å²) in [4.78, 5) is 2.03. The molecule has 0 bridgehead atoms. The van der Waals surface area contributed by atoms with Crippen molar-refractivity contribution in [2.75, 3.05) is 11.5 Å². The quantitative estimate of drug-likeness (QED) is 0.816. The van der Waals surface area contributed by atoms with Crippen LogP contribution in [0, 0.1) is 0 Å². The topological polar surface area (TPSA) is 49.4 Å². The Kier molecular flexibility index (Phi) is 5.71. The van der Waals surface area contributed by atoms with Crippen LogP contribution >= 0.6 is 12.2 Å². The second-order valence-corrected chi connectivity index (χ2v) is 8.93. The molecule has 0 aromatic heterocycles. The minimum Gasteiger partial charge on any atom is -0.358 e. The van der Waals surface area contributed by atoms with Gasteiger partial charge >= 0.3 is 0 Å². The van der Waals surface area contributed by atoms with E-state index in [1.165, 1.54) is 0 Å². The summed E-state index contributed by atoms with van der Waals surface area (Å²) in [5, 5.41) is 3.89. The lowest BCUT2D eigenvalue weighted by Crippen LogP contribution is -2.45. The number of hydrogen-bond donors (Lipinski definition) is 1. The molecule has 1 saturated heterocycles. The lowest BCUT2D eigenvalue weighted by molar-refractivity contribution is 0.322. The number of thiocarbonyl (C=S) groups is 1. The first-order valence-corrected chi connectivity index (χ1v) is 10.6. The highest BCUT2D eigenvalue weighted by Gasteiger charge is 2.33. The van der Waals surface area contributed by atoms with E-state index < -0.39 is 9.84 Å². The molecule has 2 aromatic rings. The first kappa shape index (κ1) is 17.9. The van der Waals surface area contributed by atoms with Crippen LogP contribution in [0.4, 0.5) is 0 Å². The third-order valence-corrected chi connectivity index (χ3v) is 6.52. The second-order valence-electron chi connectivity index (χ2n) is 6.31. The van der Waals surface area contributed by atoms with Crippen molar-refractivity contribution in [1.82, 2.24) is 10.2 Å². The molecule has 1 atom stereocenters. The van der Waals surface area contributed by atoms with E-state index in [0.717, 1.165) is 11.1 Å². The average molecular weight is 375 g/mol. The maximum Gasteiger partial charge on any atom is 0.169 e. The van der Waals surface area contributed by atoms with Crippen molar-refractivity contribution in [3.63, 3.8) is 0 Å². The number of sulfone groups is 1. The van der Waals surface area contributed by atoms with Gasteiger partial charge in [-0.25, -0.2) is 8.42 Å². The molecule has 25 heavy (non-hydrogen) atoms. The molecular weight excluding hydrogens is 352 g/mol. The molecule has 132 valence electrons. The Balaban J connectivity index is 1.72. The van der Waals surface area contributed by atoms with Crippen LogP contribution in [0.2, 0.25) is 0 Å². The summed E-state index contributed by atoms with van der Waals surface area (Å²) in [6.45, 7) is 1.24. The summed E-state index contributed by atoms with van der Waals surface area (Å²) < 4.78 is 23.8. The minimum absolute atomic E-state index is 0.0685. The molecule has 1 aliphatic rings. The highest BCUT2D eigenvalue weighted by Crippen LogP contribution is 2.20. The van der Waals surface area contributed by atoms with Gasteiger partial charge < -0.3 is 10.2 Å². The first-order valence-electron chi connectivity index (χ1n) is 8.36. The molecule has 6 heteroatoms. The number of nitrogens with one attached hydrogen (secondary N) is 1. The lowest BCUT2D eigenvalue weighted by Gasteiger charge is -2.31. The van der Waals surface area contributed by atoms with Gasteiger partial charge in [-0.3, -0.25) is 0 Å². The Hall–Kier alpha value is -1.92. The third kappa shape index (κ3) is 5.03. The normalized spacial score (nSPS) is 18.6. The molecule has 0 saturated carbocycles. The van der Waals surface area contributed by atoms with Crippen LogP contribution in [0.15, 0.2) is 60.7 Å². The smallest absolute Gasteiger partial charge is 0.169 e. The largest absolute Gasteiger partial charge is 0.358 e. The average Bonchev–Trinajstić information content (AvgIpc) is 2.99. The molecule has 0 aliphatic carbocycles. The molecule has 4 nitrogen and oxygen atoms in total. The van der Waals surface area contributed by atoms with Gasteiger partial charge in [0.1, 0.15) is 0 Å². The van der Waals surface area contributed by atoms with Crippen molar-refractivity contribution in [2.24, 2.45) is 0 Å². The molecule has 3 rings (SSSR count). The van der Waals surface area contributed by atoms with Crippen LogP contribution in [0.3, 0.4) is 0 Å². The zero-order chi connectivity index (χ0) is 17.7. The summed E-state index contributed by atoms with van der Waals surface area (Å²) in [5.74, 6) is 0.414. The van der Waals surface area contributed by atoms with Gasteiger partial charge in [-0.2, -0.15) is 0 Å². The molecule has 0 unspecified atom stereocenters. The molecule has 0 amide bonds. The van der Waals surface area contributed by atoms with Crippen LogP contribution < -0.4 is 5.32 Å². The van der Waals surface area contributed by atoms with Crippen LogP contribution in [0.25, 0.3) is 0 Å². The fourth-order valence-corrected chi connectivity index (χ4v) is 5.06. The van der Waals surface area contributed by atoms with E-state index in [2.05, 4.69) is 5.32 Å². The van der Waals surface area contributed by atoms with E-state index in [9.17, 15) is 8.42 Å². The summed E-state index contributed by atoms with van der Waals surface area (Å²) in [6, 6.07) is 20.0. The lowest BCUT2D eigenvalue weighted by atomic mass is 10.1. The van der Waals surface area contributed by atoms with E-state index in [-0.39, 0.29) is 17.5 Å². The zero-order valence-corrected chi connectivity index (χ0v) is 15.6. The molecule has 0 spiro atoms. The SMILES string of the molecule is O=S1(=O)CC[C@@H](N(Cc2ccccc2)C(=S)NCc2ccccc2)C1. The summed E-state index contributed by atoms with van der Waals surface area (Å²) in [7, 11) is -2.96. The Morgan fingerprint density at radius 1 is 1.04 bits per heavy atom. The molecule has 1 heterocycles. The molecule has 0 radical (unpaired) electrons. The Morgan fingerprint density at radius 2 is 1.64 bits per heavy atom. The van der Waals surface area contributed by atoms with Gasteiger partial charge in [0.25, 0.3) is 0 Å². The molecule has 2 aromatic carbocycles. The van der Waals surface area contributed by atoms with Gasteiger partial charge in [0.2, 0.25) is 0 Å². The van der Waals surface area contributed by atoms with E-state index in [1.807, 2.05) is 65.6 Å². The van der Waals surface area contributed by atoms with E-state index in [1.54, 1.807) is 0 Å². The van der Waals surface area contributed by atoms with Crippen molar-refractivity contribution < 1.29 is 8.42 Å². The molecule has 1 fully saturated rings. The predicted octanol–water partition coefficient (Wildman–Crippen LogP) is 2.75. The molecular formula is C19H22N2O2S2. The fourth-order valence-electron chi connectivity index (χ4n) is 3.04. The van der Waals surface area contributed by atoms with Crippen molar-refractivity contribution in [2.45, 2.75) is 25.6 Å². The van der Waals surface area contributed by atoms with Crippen molar-refractivity contribution in [3.8, 4) is 0 Å². The third-order valence-electron chi connectivity index (χ3n) is 4.39. The molecule has 1 aliphatic heterocycles. The standard InChI is InChI=1S/C19H22N2O2S2/c22-25(23)12-11-18(15-25)21(14-17-9-5-2-6-10-17)19(24)20-13-16-7-3-1-4-8-16/h1-10,18H,11-15H2,(H,20,24)/t18-/m1/s1. The summed E-state index contributed by atoms with van der Waals surface area (Å²) in [5.41, 5.74) is 2.26. The van der Waals surface area contributed by atoms with Gasteiger partial charge in [0, 0.05) is 19.1 Å². The monoisotopic (exact) mass is 374 g/mol. The number of rotatable bonds is 5. The maximum atomic E-state index is 11.9. The summed E-state index contributed by atoms with van der Waals surface area (Å²) in [6.07, 6.45) is 0.627. The highest BCUT2D eigenvalue weighted by molar-refractivity contribution is 7.91. The Labute approximate surface area is 154 Å². The van der Waals surface area contributed by atoms with E-state index in [4.69, 9.17) is 12.2 Å². The van der Waals surface area contributed by atoms with Crippen LogP contribution in [-0.4, -0.2) is 36.0 Å². The fraction of sp³-hybridized carbons (Fsp3) is 0.316. The van der Waals surface area contributed by atoms with E-state index in [0.29, 0.717) is 24.6 Å². The van der Waals surface area contributed by atoms with Crippen LogP contribution in [-0.2, 0) is 22.9 Å². The van der Waals surface area contributed by atoms with Crippen LogP contribution in [0.1, 0.15) is 17.5 Å². The maximum absolute atomic E-state index is 11.9. The number of nitrogens with zero attached hydrogens (tertiary/aromatic N) is 1. The van der Waals surface area contributed by atoms with Crippen molar-refractivity contribution in [3.05, 3.63) is 71.8 Å². The number of benzene rings is 2. The second kappa shape index (κ2) is 7.97. The highest BCUT2D eigenvalue weighted by atomic mass is 32.2. The summed E-state index contributed by atoms with van der Waals surface area (Å²) >= 11 is 5.61. The zero-order valence-electron chi connectivity index (χ0n) is 14.0. The molecule has 1 N–H and O–H groups in total. The minimum atomic E-state index is -2.96. The predicted molar refractivity (Wildman–Crippen MR) is 105 cm³/mol. The van der Waals surface area contributed by atoms with E-state index >= 15 is 0 Å². The van der Waals surface area contributed by atoms with Gasteiger partial charge in [-0.05, 0) is 29.8 Å². The first-order chi connectivity index (χ1) is 12.0. The Bertz CT molecular complexity index is 808.